The van der Waals surface area contributed by atoms with Gasteiger partial charge in [-0.3, -0.25) is 4.57 Å². The Balaban J connectivity index is 1.23. The normalized spacial score (nSPS) is 25.2. The quantitative estimate of drug-likeness (QED) is 0.185. The van der Waals surface area contributed by atoms with E-state index in [0.717, 1.165) is 34.4 Å². The summed E-state index contributed by atoms with van der Waals surface area (Å²) in [5.74, 6) is 4.25. The first-order chi connectivity index (χ1) is 23.8. The predicted octanol–water partition coefficient (Wildman–Crippen LogP) is 11.9. The van der Waals surface area contributed by atoms with Gasteiger partial charge in [0.25, 0.3) is 0 Å². The molecule has 230 valence electrons. The van der Waals surface area contributed by atoms with E-state index in [1.165, 1.54) is 79.7 Å². The average molecular weight is 635 g/mol. The minimum absolute atomic E-state index is 0.0764. The molecular formula is C45H34N2S. The van der Waals surface area contributed by atoms with Crippen molar-refractivity contribution in [3.05, 3.63) is 132 Å². The molecule has 5 aliphatic rings. The average Bonchev–Trinajstić information content (AvgIpc) is 3.80. The van der Waals surface area contributed by atoms with Crippen LogP contribution in [0.2, 0.25) is 0 Å². The summed E-state index contributed by atoms with van der Waals surface area (Å²) in [6, 6.07) is 45.5. The van der Waals surface area contributed by atoms with Gasteiger partial charge in [-0.1, -0.05) is 84.9 Å². The number of thiophene rings is 1. The molecule has 2 aromatic heterocycles. The summed E-state index contributed by atoms with van der Waals surface area (Å²) < 4.78 is 5.20. The van der Waals surface area contributed by atoms with E-state index >= 15 is 0 Å². The molecule has 4 bridgehead atoms. The minimum atomic E-state index is 0.0764. The van der Waals surface area contributed by atoms with E-state index in [-0.39, 0.29) is 5.41 Å². The Bertz CT molecular complexity index is 2610. The third kappa shape index (κ3) is 3.17. The SMILES string of the molecule is c1ccc(-n2c(-c3ccc4c(c3)-c3c(c5ccccc5c5sc6ccccc6c35)C43C4CC5CC(C4)CC3C5)nc3ccccc32)cc1. The summed E-state index contributed by atoms with van der Waals surface area (Å²) in [6.45, 7) is 0. The van der Waals surface area contributed by atoms with Gasteiger partial charge in [-0.25, -0.2) is 4.98 Å². The second-order valence-corrected chi connectivity index (χ2v) is 16.2. The summed E-state index contributed by atoms with van der Waals surface area (Å²) in [6.07, 6.45) is 7.00. The predicted molar refractivity (Wildman–Crippen MR) is 200 cm³/mol. The van der Waals surface area contributed by atoms with Gasteiger partial charge in [0.1, 0.15) is 5.82 Å². The highest BCUT2D eigenvalue weighted by Crippen LogP contribution is 2.71. The van der Waals surface area contributed by atoms with Crippen molar-refractivity contribution in [2.45, 2.75) is 37.5 Å². The third-order valence-corrected chi connectivity index (χ3v) is 14.1. The lowest BCUT2D eigenvalue weighted by atomic mass is 9.43. The minimum Gasteiger partial charge on any atom is -0.292 e. The number of nitrogens with zero attached hydrogens (tertiary/aromatic N) is 2. The molecule has 1 spiro atoms. The smallest absolute Gasteiger partial charge is 0.145 e. The zero-order chi connectivity index (χ0) is 31.1. The van der Waals surface area contributed by atoms with E-state index in [2.05, 4.69) is 126 Å². The van der Waals surface area contributed by atoms with Crippen LogP contribution in [0.3, 0.4) is 0 Å². The zero-order valence-corrected chi connectivity index (χ0v) is 27.5. The highest BCUT2D eigenvalue weighted by atomic mass is 32.1. The van der Waals surface area contributed by atoms with Crippen molar-refractivity contribution >= 4 is 53.3 Å². The van der Waals surface area contributed by atoms with Crippen molar-refractivity contribution in [1.82, 2.24) is 9.55 Å². The van der Waals surface area contributed by atoms with Gasteiger partial charge in [0, 0.05) is 36.8 Å². The van der Waals surface area contributed by atoms with E-state index in [0.29, 0.717) is 11.8 Å². The lowest BCUT2D eigenvalue weighted by Crippen LogP contribution is -2.55. The number of fused-ring (bicyclic) bond motifs is 11. The van der Waals surface area contributed by atoms with E-state index in [1.807, 2.05) is 11.3 Å². The fraction of sp³-hybridized carbons (Fsp3) is 0.222. The fourth-order valence-corrected chi connectivity index (χ4v) is 12.8. The summed E-state index contributed by atoms with van der Waals surface area (Å²) in [5, 5.41) is 5.83. The molecule has 0 unspecified atom stereocenters. The maximum absolute atomic E-state index is 5.33. The van der Waals surface area contributed by atoms with Crippen LogP contribution >= 0.6 is 11.3 Å². The number of rotatable bonds is 2. The third-order valence-electron chi connectivity index (χ3n) is 12.9. The first-order valence-electron chi connectivity index (χ1n) is 17.8. The van der Waals surface area contributed by atoms with Gasteiger partial charge in [-0.05, 0) is 125 Å². The number of imidazole rings is 1. The zero-order valence-electron chi connectivity index (χ0n) is 26.7. The number of benzene rings is 6. The number of hydrogen-bond acceptors (Lipinski definition) is 2. The molecule has 0 amide bonds. The van der Waals surface area contributed by atoms with Gasteiger partial charge in [-0.15, -0.1) is 11.3 Å². The number of para-hydroxylation sites is 3. The van der Waals surface area contributed by atoms with Crippen LogP contribution in [-0.4, -0.2) is 9.55 Å². The Labute approximate surface area is 283 Å². The van der Waals surface area contributed by atoms with Crippen molar-refractivity contribution in [2.24, 2.45) is 23.7 Å². The maximum atomic E-state index is 5.33. The van der Waals surface area contributed by atoms with Gasteiger partial charge in [-0.2, -0.15) is 0 Å². The standard InChI is InChI=1S/C45H34N2S/c1-2-10-31(11-3-1)47-38-16-8-7-15-37(38)46-44(47)28-18-19-36-35(25-28)40-41-34-14-6-9-17-39(34)48-43(41)33-13-5-4-12-32(33)42(40)45(36)29-21-26-20-27(23-29)24-30(45)22-26/h1-19,25-27,29-30H,20-24H2. The van der Waals surface area contributed by atoms with Gasteiger partial charge < -0.3 is 0 Å². The molecule has 48 heavy (non-hydrogen) atoms. The molecule has 0 atom stereocenters. The van der Waals surface area contributed by atoms with E-state index in [9.17, 15) is 0 Å². The Morgan fingerprint density at radius 1 is 0.646 bits per heavy atom. The molecule has 2 nitrogen and oxygen atoms in total. The topological polar surface area (TPSA) is 17.8 Å². The first kappa shape index (κ1) is 26.3. The lowest BCUT2D eigenvalue weighted by molar-refractivity contribution is -0.0393. The van der Waals surface area contributed by atoms with Gasteiger partial charge in [0.05, 0.1) is 11.0 Å². The van der Waals surface area contributed by atoms with Crippen molar-refractivity contribution in [3.63, 3.8) is 0 Å². The molecule has 13 rings (SSSR count). The van der Waals surface area contributed by atoms with Crippen molar-refractivity contribution < 1.29 is 0 Å². The highest BCUT2D eigenvalue weighted by Gasteiger charge is 2.62. The van der Waals surface area contributed by atoms with Crippen LogP contribution in [0.15, 0.2) is 121 Å². The summed E-state index contributed by atoms with van der Waals surface area (Å²) in [4.78, 5) is 5.33. The van der Waals surface area contributed by atoms with Crippen LogP contribution in [-0.2, 0) is 5.41 Å². The van der Waals surface area contributed by atoms with Crippen LogP contribution in [0.1, 0.15) is 43.2 Å². The molecule has 2 heterocycles. The molecule has 5 aliphatic carbocycles. The lowest BCUT2D eigenvalue weighted by Gasteiger charge is -2.61. The van der Waals surface area contributed by atoms with E-state index in [1.54, 1.807) is 11.1 Å². The van der Waals surface area contributed by atoms with Crippen LogP contribution < -0.4 is 0 Å². The molecular weight excluding hydrogens is 601 g/mol. The molecule has 3 heteroatoms. The van der Waals surface area contributed by atoms with E-state index in [4.69, 9.17) is 4.98 Å². The Kier molecular flexibility index (Phi) is 5.05. The molecule has 4 saturated carbocycles. The van der Waals surface area contributed by atoms with Crippen LogP contribution in [0, 0.1) is 23.7 Å². The Hall–Kier alpha value is -4.73. The van der Waals surface area contributed by atoms with Crippen LogP contribution in [0.4, 0.5) is 0 Å². The Morgan fingerprint density at radius 2 is 1.33 bits per heavy atom. The molecule has 8 aromatic rings. The molecule has 0 aliphatic heterocycles. The monoisotopic (exact) mass is 634 g/mol. The summed E-state index contributed by atoms with van der Waals surface area (Å²) in [7, 11) is 0. The van der Waals surface area contributed by atoms with Crippen molar-refractivity contribution in [2.75, 3.05) is 0 Å². The molecule has 0 N–H and O–H groups in total. The van der Waals surface area contributed by atoms with E-state index < -0.39 is 0 Å². The maximum Gasteiger partial charge on any atom is 0.145 e. The molecule has 6 aromatic carbocycles. The van der Waals surface area contributed by atoms with Crippen LogP contribution in [0.5, 0.6) is 0 Å². The second kappa shape index (κ2) is 9.24. The second-order valence-electron chi connectivity index (χ2n) is 15.1. The van der Waals surface area contributed by atoms with Crippen molar-refractivity contribution in [1.29, 1.82) is 0 Å². The fourth-order valence-electron chi connectivity index (χ4n) is 11.6. The number of aromatic nitrogens is 2. The largest absolute Gasteiger partial charge is 0.292 e. The first-order valence-corrected chi connectivity index (χ1v) is 18.6. The summed E-state index contributed by atoms with van der Waals surface area (Å²) in [5.41, 5.74) is 10.8. The Morgan fingerprint density at radius 3 is 2.15 bits per heavy atom. The highest BCUT2D eigenvalue weighted by molar-refractivity contribution is 7.26. The molecule has 0 radical (unpaired) electrons. The van der Waals surface area contributed by atoms with Gasteiger partial charge in [0.15, 0.2) is 0 Å². The van der Waals surface area contributed by atoms with Crippen molar-refractivity contribution in [3.8, 4) is 28.2 Å². The molecule has 4 fully saturated rings. The molecule has 0 saturated heterocycles. The van der Waals surface area contributed by atoms with Gasteiger partial charge >= 0.3 is 0 Å². The van der Waals surface area contributed by atoms with Crippen LogP contribution in [0.25, 0.3) is 70.2 Å². The number of hydrogen-bond donors (Lipinski definition) is 0. The summed E-state index contributed by atoms with van der Waals surface area (Å²) >= 11 is 1.98. The van der Waals surface area contributed by atoms with Gasteiger partial charge in [0.2, 0.25) is 0 Å².